The molecule has 0 amide bonds. The monoisotopic (exact) mass is 306 g/mol. The quantitative estimate of drug-likeness (QED) is 0.939. The standard InChI is InChI=1S/C15H14O5S/c1-10-3-8-13(15(16)17)14(9-10)20-11-4-6-12(7-5-11)21(2,18)19/h3-9H,1-2H3,(H,16,17). The van der Waals surface area contributed by atoms with E-state index in [1.807, 2.05) is 6.92 Å². The Morgan fingerprint density at radius 3 is 2.24 bits per heavy atom. The van der Waals surface area contributed by atoms with Gasteiger partial charge in [0, 0.05) is 6.26 Å². The van der Waals surface area contributed by atoms with Crippen molar-refractivity contribution in [3.05, 3.63) is 53.6 Å². The van der Waals surface area contributed by atoms with E-state index >= 15 is 0 Å². The van der Waals surface area contributed by atoms with E-state index in [4.69, 9.17) is 9.84 Å². The molecule has 0 spiro atoms. The molecule has 2 aromatic carbocycles. The molecule has 0 radical (unpaired) electrons. The third-order valence-corrected chi connectivity index (χ3v) is 3.98. The first-order chi connectivity index (χ1) is 9.77. The highest BCUT2D eigenvalue weighted by Gasteiger charge is 2.13. The van der Waals surface area contributed by atoms with Crippen molar-refractivity contribution in [3.8, 4) is 11.5 Å². The Morgan fingerprint density at radius 2 is 1.71 bits per heavy atom. The summed E-state index contributed by atoms with van der Waals surface area (Å²) in [6.07, 6.45) is 1.12. The third-order valence-electron chi connectivity index (χ3n) is 2.85. The molecular formula is C15H14O5S. The summed E-state index contributed by atoms with van der Waals surface area (Å²) in [5, 5.41) is 9.13. The number of sulfone groups is 1. The molecule has 6 heteroatoms. The molecule has 0 atom stereocenters. The lowest BCUT2D eigenvalue weighted by atomic mass is 10.1. The Hall–Kier alpha value is -2.34. The minimum absolute atomic E-state index is 0.0489. The zero-order valence-electron chi connectivity index (χ0n) is 11.5. The second kappa shape index (κ2) is 5.57. The lowest BCUT2D eigenvalue weighted by Crippen LogP contribution is -2.01. The number of carbonyl (C=O) groups is 1. The van der Waals surface area contributed by atoms with Gasteiger partial charge in [0.2, 0.25) is 0 Å². The van der Waals surface area contributed by atoms with Crippen molar-refractivity contribution in [2.45, 2.75) is 11.8 Å². The predicted octanol–water partition coefficient (Wildman–Crippen LogP) is 2.89. The highest BCUT2D eigenvalue weighted by atomic mass is 32.2. The smallest absolute Gasteiger partial charge is 0.339 e. The van der Waals surface area contributed by atoms with Crippen molar-refractivity contribution < 1.29 is 23.1 Å². The van der Waals surface area contributed by atoms with E-state index in [1.165, 1.54) is 30.3 Å². The number of hydrogen-bond acceptors (Lipinski definition) is 4. The SMILES string of the molecule is Cc1ccc(C(=O)O)c(Oc2ccc(S(C)(=O)=O)cc2)c1. The molecule has 0 saturated carbocycles. The van der Waals surface area contributed by atoms with Crippen LogP contribution in [0.4, 0.5) is 0 Å². The first-order valence-electron chi connectivity index (χ1n) is 6.09. The van der Waals surface area contributed by atoms with E-state index in [0.717, 1.165) is 11.8 Å². The van der Waals surface area contributed by atoms with Crippen LogP contribution in [0.15, 0.2) is 47.4 Å². The molecule has 0 heterocycles. The Kier molecular flexibility index (Phi) is 3.99. The van der Waals surface area contributed by atoms with Gasteiger partial charge in [0.05, 0.1) is 4.90 Å². The van der Waals surface area contributed by atoms with E-state index in [1.54, 1.807) is 12.1 Å². The summed E-state index contributed by atoms with van der Waals surface area (Å²) in [7, 11) is -3.27. The molecule has 2 rings (SSSR count). The van der Waals surface area contributed by atoms with Crippen LogP contribution in [0, 0.1) is 6.92 Å². The highest BCUT2D eigenvalue weighted by molar-refractivity contribution is 7.90. The van der Waals surface area contributed by atoms with Gasteiger partial charge in [-0.15, -0.1) is 0 Å². The summed E-state index contributed by atoms with van der Waals surface area (Å²) in [4.78, 5) is 11.3. The maximum atomic E-state index is 11.4. The van der Waals surface area contributed by atoms with E-state index in [2.05, 4.69) is 0 Å². The second-order valence-electron chi connectivity index (χ2n) is 4.65. The van der Waals surface area contributed by atoms with Crippen molar-refractivity contribution in [2.75, 3.05) is 6.26 Å². The molecule has 2 aromatic rings. The van der Waals surface area contributed by atoms with Crippen LogP contribution >= 0.6 is 0 Å². The third kappa shape index (κ3) is 3.61. The van der Waals surface area contributed by atoms with Gasteiger partial charge < -0.3 is 9.84 Å². The number of aryl methyl sites for hydroxylation is 1. The van der Waals surface area contributed by atoms with Crippen LogP contribution in [-0.2, 0) is 9.84 Å². The summed E-state index contributed by atoms with van der Waals surface area (Å²) >= 11 is 0. The number of carboxylic acids is 1. The van der Waals surface area contributed by atoms with Crippen molar-refractivity contribution in [3.63, 3.8) is 0 Å². The number of carboxylic acid groups (broad SMARTS) is 1. The summed E-state index contributed by atoms with van der Waals surface area (Å²) in [6, 6.07) is 10.6. The molecular weight excluding hydrogens is 292 g/mol. The van der Waals surface area contributed by atoms with Gasteiger partial charge in [0.15, 0.2) is 9.84 Å². The molecule has 0 bridgehead atoms. The van der Waals surface area contributed by atoms with Gasteiger partial charge in [-0.05, 0) is 48.9 Å². The first-order valence-corrected chi connectivity index (χ1v) is 7.98. The summed E-state index contributed by atoms with van der Waals surface area (Å²) in [5.74, 6) is -0.497. The zero-order chi connectivity index (χ0) is 15.6. The normalized spacial score (nSPS) is 11.1. The Labute approximate surface area is 122 Å². The fourth-order valence-corrected chi connectivity index (χ4v) is 2.40. The Bertz CT molecular complexity index is 776. The summed E-state index contributed by atoms with van der Waals surface area (Å²) in [5.41, 5.74) is 0.913. The molecule has 0 aliphatic heterocycles. The van der Waals surface area contributed by atoms with E-state index in [-0.39, 0.29) is 16.2 Å². The minimum atomic E-state index is -3.27. The average molecular weight is 306 g/mol. The van der Waals surface area contributed by atoms with Gasteiger partial charge in [-0.1, -0.05) is 6.07 Å². The van der Waals surface area contributed by atoms with E-state index in [9.17, 15) is 13.2 Å². The number of hydrogen-bond donors (Lipinski definition) is 1. The number of rotatable bonds is 4. The van der Waals surface area contributed by atoms with Gasteiger partial charge >= 0.3 is 5.97 Å². The molecule has 0 aliphatic carbocycles. The molecule has 0 aromatic heterocycles. The lowest BCUT2D eigenvalue weighted by Gasteiger charge is -2.10. The zero-order valence-corrected chi connectivity index (χ0v) is 12.3. The van der Waals surface area contributed by atoms with E-state index in [0.29, 0.717) is 5.75 Å². The number of benzene rings is 2. The molecule has 21 heavy (non-hydrogen) atoms. The maximum Gasteiger partial charge on any atom is 0.339 e. The Balaban J connectivity index is 2.34. The van der Waals surface area contributed by atoms with E-state index < -0.39 is 15.8 Å². The van der Waals surface area contributed by atoms with Gasteiger partial charge in [-0.2, -0.15) is 0 Å². The van der Waals surface area contributed by atoms with Gasteiger partial charge in [-0.25, -0.2) is 13.2 Å². The van der Waals surface area contributed by atoms with Gasteiger partial charge in [0.25, 0.3) is 0 Å². The van der Waals surface area contributed by atoms with Gasteiger partial charge in [0.1, 0.15) is 17.1 Å². The van der Waals surface area contributed by atoms with Crippen molar-refractivity contribution in [1.82, 2.24) is 0 Å². The van der Waals surface area contributed by atoms with Gasteiger partial charge in [-0.3, -0.25) is 0 Å². The predicted molar refractivity (Wildman–Crippen MR) is 77.8 cm³/mol. The molecule has 0 unspecified atom stereocenters. The van der Waals surface area contributed by atoms with Crippen molar-refractivity contribution in [2.24, 2.45) is 0 Å². The number of ether oxygens (including phenoxy) is 1. The highest BCUT2D eigenvalue weighted by Crippen LogP contribution is 2.27. The minimum Gasteiger partial charge on any atom is -0.478 e. The Morgan fingerprint density at radius 1 is 1.10 bits per heavy atom. The lowest BCUT2D eigenvalue weighted by molar-refractivity contribution is 0.0694. The summed E-state index contributed by atoms with van der Waals surface area (Å²) in [6.45, 7) is 1.82. The first kappa shape index (κ1) is 15.1. The van der Waals surface area contributed by atoms with Crippen LogP contribution in [0.25, 0.3) is 0 Å². The topological polar surface area (TPSA) is 80.7 Å². The second-order valence-corrected chi connectivity index (χ2v) is 6.67. The van der Waals surface area contributed by atoms with Crippen LogP contribution in [0.3, 0.4) is 0 Å². The molecule has 110 valence electrons. The van der Waals surface area contributed by atoms with Crippen molar-refractivity contribution in [1.29, 1.82) is 0 Å². The van der Waals surface area contributed by atoms with Crippen LogP contribution < -0.4 is 4.74 Å². The van der Waals surface area contributed by atoms with Crippen LogP contribution in [0.1, 0.15) is 15.9 Å². The molecule has 0 aliphatic rings. The van der Waals surface area contributed by atoms with Crippen LogP contribution in [0.5, 0.6) is 11.5 Å². The average Bonchev–Trinajstić information content (AvgIpc) is 2.38. The molecule has 0 saturated heterocycles. The fourth-order valence-electron chi connectivity index (χ4n) is 1.77. The molecule has 1 N–H and O–H groups in total. The molecule has 5 nitrogen and oxygen atoms in total. The molecule has 0 fully saturated rings. The maximum absolute atomic E-state index is 11.4. The van der Waals surface area contributed by atoms with Crippen molar-refractivity contribution >= 4 is 15.8 Å². The van der Waals surface area contributed by atoms with Crippen LogP contribution in [-0.4, -0.2) is 25.7 Å². The van der Waals surface area contributed by atoms with Crippen LogP contribution in [0.2, 0.25) is 0 Å². The summed E-state index contributed by atoms with van der Waals surface area (Å²) < 4.78 is 28.3. The number of aromatic carboxylic acids is 1. The fraction of sp³-hybridized carbons (Fsp3) is 0.133. The largest absolute Gasteiger partial charge is 0.478 e.